The summed E-state index contributed by atoms with van der Waals surface area (Å²) < 4.78 is 0. The molecule has 2 heteroatoms. The maximum Gasteiger partial charge on any atom is 0.300 e. The zero-order valence-corrected chi connectivity index (χ0v) is 2.36. The van der Waals surface area contributed by atoms with Crippen LogP contribution in [0.25, 0.3) is 0 Å². The molecule has 26 valence electrons. The SMILES string of the molecule is CC(=O)O.[2HH]. The van der Waals surface area contributed by atoms with E-state index in [4.69, 9.17) is 9.90 Å². The molecule has 0 aliphatic carbocycles. The van der Waals surface area contributed by atoms with E-state index in [0.29, 0.717) is 0 Å². The Morgan fingerprint density at radius 1 is 2.25 bits per heavy atom. The molecule has 0 amide bonds. The van der Waals surface area contributed by atoms with Crippen LogP contribution in [0.1, 0.15) is 8.35 Å². The maximum atomic E-state index is 9.00. The third kappa shape index (κ3) is 1.16. The highest BCUT2D eigenvalue weighted by Crippen LogP contribution is 1.42. The van der Waals surface area contributed by atoms with Gasteiger partial charge in [-0.3, -0.25) is 4.79 Å². The van der Waals surface area contributed by atoms with Crippen molar-refractivity contribution in [1.29, 1.82) is 0 Å². The predicted molar refractivity (Wildman–Crippen MR) is 15.4 cm³/mol. The second-order valence-corrected chi connectivity index (χ2v) is 0.519. The fourth-order valence-electron chi connectivity index (χ4n) is 0. The number of hydrogen-bond acceptors (Lipinski definition) is 1. The van der Waals surface area contributed by atoms with Gasteiger partial charge >= 0.3 is 0 Å². The molecular weight excluding hydrogens is 56.0 g/mol. The lowest BCUT2D eigenvalue weighted by molar-refractivity contribution is -0.134. The van der Waals surface area contributed by atoms with Crippen LogP contribution in [0.3, 0.4) is 0 Å². The molecule has 0 heterocycles. The lowest BCUT2D eigenvalue weighted by Gasteiger charge is -1.59. The first kappa shape index (κ1) is 3.47. The van der Waals surface area contributed by atoms with Crippen LogP contribution >= 0.6 is 0 Å². The third-order valence-corrected chi connectivity index (χ3v) is 0. The average Bonchev–Trinajstić information content (AvgIpc) is 0.811. The first-order chi connectivity index (χ1) is 1.73. The number of aliphatic carboxylic acids is 1. The molecule has 2 nitrogen and oxygen atoms in total. The molecule has 0 spiro atoms. The summed E-state index contributed by atoms with van der Waals surface area (Å²) >= 11 is 0. The Labute approximate surface area is 25.5 Å². The summed E-state index contributed by atoms with van der Waals surface area (Å²) in [5.41, 5.74) is 0. The minimum Gasteiger partial charge on any atom is -0.481 e. The highest BCUT2D eigenvalue weighted by molar-refractivity contribution is 5.62. The van der Waals surface area contributed by atoms with Gasteiger partial charge in [0.1, 0.15) is 0 Å². The molecule has 0 rings (SSSR count). The van der Waals surface area contributed by atoms with Crippen LogP contribution in [0.4, 0.5) is 0 Å². The van der Waals surface area contributed by atoms with Crippen molar-refractivity contribution in [2.24, 2.45) is 0 Å². The Balaban J connectivity index is 0. The maximum absolute atomic E-state index is 9.00. The van der Waals surface area contributed by atoms with Gasteiger partial charge in [-0.2, -0.15) is 0 Å². The van der Waals surface area contributed by atoms with Crippen LogP contribution in [0.5, 0.6) is 0 Å². The minimum atomic E-state index is -0.833. The largest absolute Gasteiger partial charge is 0.481 e. The molecule has 4 heavy (non-hydrogen) atoms. The van der Waals surface area contributed by atoms with Crippen molar-refractivity contribution in [3.05, 3.63) is 0 Å². The van der Waals surface area contributed by atoms with Crippen molar-refractivity contribution >= 4 is 5.97 Å². The Morgan fingerprint density at radius 3 is 2.25 bits per heavy atom. The zero-order valence-electron chi connectivity index (χ0n) is 2.36. The predicted octanol–water partition coefficient (Wildman–Crippen LogP) is 0.337. The van der Waals surface area contributed by atoms with Gasteiger partial charge in [-0.15, -0.1) is 0 Å². The van der Waals surface area contributed by atoms with Gasteiger partial charge in [0, 0.05) is 8.35 Å². The molecule has 0 saturated carbocycles. The topological polar surface area (TPSA) is 37.3 Å². The molecule has 0 radical (unpaired) electrons. The quantitative estimate of drug-likeness (QED) is 0.440. The molecule has 1 N–H and O–H groups in total. The van der Waals surface area contributed by atoms with Crippen LogP contribution < -0.4 is 0 Å². The molecular formula is C2H6O2. The number of carboxylic acids is 1. The van der Waals surface area contributed by atoms with Gasteiger partial charge in [0.05, 0.1) is 0 Å². The highest BCUT2D eigenvalue weighted by Gasteiger charge is 1.65. The molecule has 0 aliphatic heterocycles. The third-order valence-electron chi connectivity index (χ3n) is 0. The van der Waals surface area contributed by atoms with E-state index in [1.54, 1.807) is 0 Å². The summed E-state index contributed by atoms with van der Waals surface area (Å²) in [6, 6.07) is 0. The van der Waals surface area contributed by atoms with Crippen molar-refractivity contribution in [3.63, 3.8) is 0 Å². The molecule has 0 atom stereocenters. The summed E-state index contributed by atoms with van der Waals surface area (Å²) in [4.78, 5) is 9.00. The van der Waals surface area contributed by atoms with Crippen LogP contribution in [0, 0.1) is 0 Å². The zero-order chi connectivity index (χ0) is 3.58. The van der Waals surface area contributed by atoms with Crippen molar-refractivity contribution in [1.82, 2.24) is 0 Å². The van der Waals surface area contributed by atoms with E-state index in [0.717, 1.165) is 6.92 Å². The van der Waals surface area contributed by atoms with E-state index in [1.807, 2.05) is 0 Å². The van der Waals surface area contributed by atoms with Crippen LogP contribution in [0.15, 0.2) is 0 Å². The van der Waals surface area contributed by atoms with E-state index in [2.05, 4.69) is 0 Å². The Morgan fingerprint density at radius 2 is 2.25 bits per heavy atom. The first-order valence-corrected chi connectivity index (χ1v) is 0.928. The van der Waals surface area contributed by atoms with E-state index < -0.39 is 5.97 Å². The van der Waals surface area contributed by atoms with Gasteiger partial charge in [0.2, 0.25) is 0 Å². The molecule has 0 aromatic heterocycles. The molecule has 0 aromatic rings. The second-order valence-electron chi connectivity index (χ2n) is 0.519. The minimum absolute atomic E-state index is 0. The van der Waals surface area contributed by atoms with Gasteiger partial charge < -0.3 is 5.11 Å². The smallest absolute Gasteiger partial charge is 0.300 e. The van der Waals surface area contributed by atoms with E-state index >= 15 is 0 Å². The second kappa shape index (κ2) is 0.875. The normalized spacial score (nSPS) is 6.25. The Hall–Kier alpha value is -0.530. The summed E-state index contributed by atoms with van der Waals surface area (Å²) in [6.07, 6.45) is 0. The monoisotopic (exact) mass is 63.0 g/mol. The van der Waals surface area contributed by atoms with Crippen LogP contribution in [0.2, 0.25) is 0 Å². The lowest BCUT2D eigenvalue weighted by Crippen LogP contribution is -1.78. The number of hydrogen-bond donors (Lipinski definition) is 1. The molecule has 0 unspecified atom stereocenters. The number of carbonyl (C=O) groups is 1. The number of rotatable bonds is 0. The fourth-order valence-corrected chi connectivity index (χ4v) is 0. The van der Waals surface area contributed by atoms with Crippen LogP contribution in [-0.4, -0.2) is 11.1 Å². The average molecular weight is 63.1 g/mol. The number of carboxylic acid groups (broad SMARTS) is 1. The highest BCUT2D eigenvalue weighted by atomic mass is 16.4. The van der Waals surface area contributed by atoms with Gasteiger partial charge in [-0.25, -0.2) is 0 Å². The lowest BCUT2D eigenvalue weighted by atomic mass is 10.9. The van der Waals surface area contributed by atoms with Gasteiger partial charge in [-0.1, -0.05) is 0 Å². The van der Waals surface area contributed by atoms with Crippen molar-refractivity contribution < 1.29 is 11.3 Å². The standard InChI is InChI=1S/C2H4O2.H2/c1-2(3)4;/h1H3,(H,3,4);1H/i;1+1. The Kier molecular flexibility index (Phi) is 0.759. The fraction of sp³-hybridized carbons (Fsp3) is 0.500. The van der Waals surface area contributed by atoms with Crippen LogP contribution in [-0.2, 0) is 4.79 Å². The molecule has 0 aliphatic rings. The molecule has 0 fully saturated rings. The summed E-state index contributed by atoms with van der Waals surface area (Å²) in [5.74, 6) is -0.833. The van der Waals surface area contributed by atoms with Crippen molar-refractivity contribution in [2.75, 3.05) is 0 Å². The van der Waals surface area contributed by atoms with Gasteiger partial charge in [0.25, 0.3) is 5.97 Å². The van der Waals surface area contributed by atoms with Gasteiger partial charge in [0.15, 0.2) is 0 Å². The molecule has 0 saturated heterocycles. The molecule has 0 aromatic carbocycles. The van der Waals surface area contributed by atoms with E-state index in [9.17, 15) is 0 Å². The van der Waals surface area contributed by atoms with Crippen molar-refractivity contribution in [3.8, 4) is 0 Å². The van der Waals surface area contributed by atoms with E-state index in [1.165, 1.54) is 0 Å². The first-order valence-electron chi connectivity index (χ1n) is 0.928. The van der Waals surface area contributed by atoms with E-state index in [-0.39, 0.29) is 1.43 Å². The molecule has 0 bridgehead atoms. The van der Waals surface area contributed by atoms with Crippen molar-refractivity contribution in [2.45, 2.75) is 6.92 Å². The summed E-state index contributed by atoms with van der Waals surface area (Å²) in [7, 11) is 0. The summed E-state index contributed by atoms with van der Waals surface area (Å²) in [6.45, 7) is 1.08. The summed E-state index contributed by atoms with van der Waals surface area (Å²) in [5, 5.41) is 7.42. The Bertz CT molecular complexity index is 30.6. The van der Waals surface area contributed by atoms with Gasteiger partial charge in [-0.05, 0) is 0 Å².